The fraction of sp³-hybridized carbons (Fsp3) is 0.314. The number of piperazine rings is 1. The van der Waals surface area contributed by atoms with Crippen molar-refractivity contribution < 1.29 is 18.3 Å². The van der Waals surface area contributed by atoms with Gasteiger partial charge < -0.3 is 9.64 Å². The van der Waals surface area contributed by atoms with Crippen LogP contribution in [0.25, 0.3) is 5.69 Å². The first-order chi connectivity index (χ1) is 21.8. The Hall–Kier alpha value is -4.70. The van der Waals surface area contributed by atoms with Gasteiger partial charge in [-0.2, -0.15) is 4.98 Å². The molecular weight excluding hydrogens is 576 g/mol. The van der Waals surface area contributed by atoms with Gasteiger partial charge in [0.15, 0.2) is 0 Å². The molecule has 4 aromatic rings. The van der Waals surface area contributed by atoms with Crippen molar-refractivity contribution in [2.24, 2.45) is 10.9 Å². The van der Waals surface area contributed by atoms with Gasteiger partial charge in [-0.3, -0.25) is 9.69 Å². The van der Waals surface area contributed by atoms with Crippen LogP contribution in [0.5, 0.6) is 0 Å². The third-order valence-corrected chi connectivity index (χ3v) is 8.68. The number of anilines is 1. The average molecular weight is 612 g/mol. The van der Waals surface area contributed by atoms with Crippen molar-refractivity contribution in [2.75, 3.05) is 37.7 Å². The molecule has 0 aliphatic carbocycles. The summed E-state index contributed by atoms with van der Waals surface area (Å²) in [6, 6.07) is 21.8. The maximum Gasteiger partial charge on any atom is 0.355 e. The van der Waals surface area contributed by atoms with Crippen LogP contribution in [0.4, 0.5) is 20.4 Å². The number of fused-ring (bicyclic) bond motifs is 1. The second kappa shape index (κ2) is 12.7. The molecule has 0 radical (unpaired) electrons. The zero-order valence-electron chi connectivity index (χ0n) is 25.5. The van der Waals surface area contributed by atoms with Crippen LogP contribution >= 0.6 is 0 Å². The van der Waals surface area contributed by atoms with Crippen molar-refractivity contribution in [3.8, 4) is 5.69 Å². The molecule has 3 aromatic carbocycles. The first kappa shape index (κ1) is 30.3. The van der Waals surface area contributed by atoms with Crippen molar-refractivity contribution in [1.29, 1.82) is 0 Å². The van der Waals surface area contributed by atoms with Gasteiger partial charge in [0.25, 0.3) is 0 Å². The van der Waals surface area contributed by atoms with Crippen LogP contribution in [-0.2, 0) is 9.53 Å². The van der Waals surface area contributed by atoms with E-state index < -0.39 is 11.6 Å². The van der Waals surface area contributed by atoms with E-state index in [0.717, 1.165) is 16.7 Å². The summed E-state index contributed by atoms with van der Waals surface area (Å²) in [5.41, 5.74) is 3.29. The van der Waals surface area contributed by atoms with E-state index in [1.807, 2.05) is 37.3 Å². The van der Waals surface area contributed by atoms with Crippen LogP contribution in [-0.4, -0.2) is 58.9 Å². The molecule has 0 saturated carbocycles. The second-order valence-corrected chi connectivity index (χ2v) is 11.4. The van der Waals surface area contributed by atoms with Crippen LogP contribution in [0.1, 0.15) is 49.4 Å². The van der Waals surface area contributed by atoms with E-state index in [2.05, 4.69) is 14.8 Å². The first-order valence-electron chi connectivity index (χ1n) is 15.2. The molecule has 1 saturated heterocycles. The lowest BCUT2D eigenvalue weighted by Gasteiger charge is -2.41. The Balaban J connectivity index is 1.38. The number of hydrogen-bond acceptors (Lipinski definition) is 7. The van der Waals surface area contributed by atoms with E-state index >= 15 is 0 Å². The number of hydrogen-bond donors (Lipinski definition) is 0. The third-order valence-electron chi connectivity index (χ3n) is 8.68. The van der Waals surface area contributed by atoms with Gasteiger partial charge in [0, 0.05) is 43.4 Å². The summed E-state index contributed by atoms with van der Waals surface area (Å²) in [5.74, 6) is -0.973. The predicted molar refractivity (Wildman–Crippen MR) is 170 cm³/mol. The number of benzene rings is 3. The van der Waals surface area contributed by atoms with E-state index in [4.69, 9.17) is 9.73 Å². The number of para-hydroxylation sites is 1. The number of rotatable bonds is 7. The Bertz CT molecular complexity index is 1720. The number of aromatic nitrogens is 2. The summed E-state index contributed by atoms with van der Waals surface area (Å²) >= 11 is 0. The highest BCUT2D eigenvalue weighted by Gasteiger charge is 2.40. The minimum absolute atomic E-state index is 0.222. The van der Waals surface area contributed by atoms with E-state index in [1.54, 1.807) is 38.1 Å². The van der Waals surface area contributed by atoms with E-state index in [-0.39, 0.29) is 36.2 Å². The number of ether oxygens (including phenoxy) is 1. The monoisotopic (exact) mass is 611 g/mol. The largest absolute Gasteiger partial charge is 0.465 e. The van der Waals surface area contributed by atoms with E-state index in [0.29, 0.717) is 49.2 Å². The Morgan fingerprint density at radius 1 is 0.911 bits per heavy atom. The number of aliphatic imine (C=N–C) groups is 1. The fourth-order valence-corrected chi connectivity index (χ4v) is 6.55. The Labute approximate surface area is 260 Å². The maximum atomic E-state index is 13.8. The third kappa shape index (κ3) is 5.90. The van der Waals surface area contributed by atoms with Gasteiger partial charge in [-0.05, 0) is 61.4 Å². The summed E-state index contributed by atoms with van der Waals surface area (Å²) in [4.78, 5) is 40.6. The highest BCUT2D eigenvalue weighted by molar-refractivity contribution is 6.04. The van der Waals surface area contributed by atoms with Gasteiger partial charge in [-0.15, -0.1) is 0 Å². The van der Waals surface area contributed by atoms with Crippen molar-refractivity contribution in [1.82, 2.24) is 14.5 Å². The first-order valence-corrected chi connectivity index (χ1v) is 15.2. The van der Waals surface area contributed by atoms with Crippen molar-refractivity contribution >= 4 is 23.3 Å². The molecule has 2 aliphatic heterocycles. The van der Waals surface area contributed by atoms with E-state index in [1.165, 1.54) is 28.8 Å². The van der Waals surface area contributed by atoms with Crippen LogP contribution < -0.4 is 10.6 Å². The van der Waals surface area contributed by atoms with Crippen LogP contribution in [0, 0.1) is 17.6 Å². The number of carbonyl (C=O) groups excluding carboxylic acids is 1. The lowest BCUT2D eigenvalue weighted by atomic mass is 9.82. The number of carbonyl (C=O) groups is 1. The molecule has 1 fully saturated rings. The molecule has 3 heterocycles. The van der Waals surface area contributed by atoms with Gasteiger partial charge in [-0.25, -0.2) is 23.1 Å². The minimum Gasteiger partial charge on any atom is -0.465 e. The molecule has 2 unspecified atom stereocenters. The van der Waals surface area contributed by atoms with Gasteiger partial charge in [-0.1, -0.05) is 49.4 Å². The molecule has 1 aromatic heterocycles. The zero-order chi connectivity index (χ0) is 31.7. The predicted octanol–water partition coefficient (Wildman–Crippen LogP) is 5.81. The zero-order valence-corrected chi connectivity index (χ0v) is 25.5. The lowest BCUT2D eigenvalue weighted by molar-refractivity contribution is -0.146. The molecule has 0 bridgehead atoms. The molecule has 0 amide bonds. The highest BCUT2D eigenvalue weighted by atomic mass is 19.1. The molecule has 2 aliphatic rings. The van der Waals surface area contributed by atoms with Crippen molar-refractivity contribution in [3.63, 3.8) is 0 Å². The summed E-state index contributed by atoms with van der Waals surface area (Å²) in [7, 11) is 0. The van der Waals surface area contributed by atoms with Gasteiger partial charge in [0.2, 0.25) is 0 Å². The smallest absolute Gasteiger partial charge is 0.355 e. The van der Waals surface area contributed by atoms with Gasteiger partial charge in [0.1, 0.15) is 29.2 Å². The van der Waals surface area contributed by atoms with Crippen LogP contribution in [0.2, 0.25) is 0 Å². The topological polar surface area (TPSA) is 80.0 Å². The number of halogens is 2. The lowest BCUT2D eigenvalue weighted by Crippen LogP contribution is -2.49. The summed E-state index contributed by atoms with van der Waals surface area (Å²) in [5, 5.41) is 0. The fourth-order valence-electron chi connectivity index (χ4n) is 6.55. The quantitative estimate of drug-likeness (QED) is 0.246. The standard InChI is InChI=1S/C35H35F2N5O3/c1-4-45-34(43)29-22(2)30-32(39-35(44)42(33(30)38-23(29)3)28-8-6-5-7-9-28)41-20-18-40(19-21-41)31(24-10-14-26(36)15-11-24)25-12-16-27(37)17-13-25/h5-17,22,29,31H,4,18-21H2,1-3H3. The summed E-state index contributed by atoms with van der Waals surface area (Å²) < 4.78 is 34.6. The molecule has 45 heavy (non-hydrogen) atoms. The maximum absolute atomic E-state index is 13.8. The van der Waals surface area contributed by atoms with Gasteiger partial charge in [0.05, 0.1) is 18.3 Å². The Morgan fingerprint density at radius 2 is 1.49 bits per heavy atom. The average Bonchev–Trinajstić information content (AvgIpc) is 3.03. The second-order valence-electron chi connectivity index (χ2n) is 11.4. The van der Waals surface area contributed by atoms with Crippen molar-refractivity contribution in [2.45, 2.75) is 32.7 Å². The summed E-state index contributed by atoms with van der Waals surface area (Å²) in [6.07, 6.45) is 0. The number of nitrogens with zero attached hydrogens (tertiary/aromatic N) is 5. The molecule has 8 nitrogen and oxygen atoms in total. The molecule has 10 heteroatoms. The van der Waals surface area contributed by atoms with E-state index in [9.17, 15) is 18.4 Å². The molecular formula is C35H35F2N5O3. The Kier molecular flexibility index (Phi) is 8.58. The number of esters is 1. The molecule has 232 valence electrons. The van der Waals surface area contributed by atoms with Crippen LogP contribution in [0.15, 0.2) is 88.6 Å². The molecule has 2 atom stereocenters. The normalized spacial score (nSPS) is 18.4. The van der Waals surface area contributed by atoms with Crippen molar-refractivity contribution in [3.05, 3.63) is 118 Å². The summed E-state index contributed by atoms with van der Waals surface area (Å²) in [6.45, 7) is 8.03. The van der Waals surface area contributed by atoms with Crippen LogP contribution in [0.3, 0.4) is 0 Å². The molecule has 0 N–H and O–H groups in total. The SMILES string of the molecule is CCOC(=O)C1C(C)=Nc2c(c(N3CCN(C(c4ccc(F)cc4)c4ccc(F)cc4)CC3)nc(=O)n2-c2ccccc2)C1C. The van der Waals surface area contributed by atoms with Gasteiger partial charge >= 0.3 is 11.7 Å². The Morgan fingerprint density at radius 3 is 2.04 bits per heavy atom. The molecule has 0 spiro atoms. The minimum atomic E-state index is -0.609. The highest BCUT2D eigenvalue weighted by Crippen LogP contribution is 2.43. The molecule has 6 rings (SSSR count).